The molecule has 0 spiro atoms. The van der Waals surface area contributed by atoms with Gasteiger partial charge in [-0.05, 0) is 37.9 Å². The minimum atomic E-state index is 0.115. The molecule has 0 aliphatic rings. The molecule has 1 amide bonds. The maximum absolute atomic E-state index is 11.8. The van der Waals surface area contributed by atoms with E-state index >= 15 is 0 Å². The van der Waals surface area contributed by atoms with Gasteiger partial charge in [-0.3, -0.25) is 9.69 Å². The van der Waals surface area contributed by atoms with Crippen molar-refractivity contribution in [2.75, 3.05) is 40.3 Å². The molecule has 106 valence electrons. The smallest absolute Gasteiger partial charge is 0.236 e. The van der Waals surface area contributed by atoms with Crippen LogP contribution in [0.5, 0.6) is 5.75 Å². The highest BCUT2D eigenvalue weighted by Gasteiger charge is 2.10. The van der Waals surface area contributed by atoms with Gasteiger partial charge in [0.1, 0.15) is 12.4 Å². The summed E-state index contributed by atoms with van der Waals surface area (Å²) in [4.78, 5) is 15.5. The lowest BCUT2D eigenvalue weighted by atomic mass is 10.3. The first-order valence-electron chi connectivity index (χ1n) is 6.33. The number of hydrogen-bond donors (Lipinski definition) is 0. The van der Waals surface area contributed by atoms with Gasteiger partial charge in [0.2, 0.25) is 5.91 Å². The third-order valence-corrected chi connectivity index (χ3v) is 3.41. The van der Waals surface area contributed by atoms with E-state index in [-0.39, 0.29) is 5.91 Å². The molecule has 0 aromatic heterocycles. The lowest BCUT2D eigenvalue weighted by Gasteiger charge is -2.21. The second kappa shape index (κ2) is 8.17. The molecule has 5 heteroatoms. The van der Waals surface area contributed by atoms with E-state index in [2.05, 4.69) is 15.9 Å². The molecule has 0 atom stereocenters. The molecule has 0 aliphatic carbocycles. The molecule has 0 N–H and O–H groups in total. The predicted octanol–water partition coefficient (Wildman–Crippen LogP) is 2.24. The van der Waals surface area contributed by atoms with Crippen LogP contribution in [0, 0.1) is 0 Å². The standard InChI is InChI=1S/C14H21BrN2O2/c1-4-16(2)11-14(18)17(3)9-10-19-13-7-5-12(15)6-8-13/h5-8H,4,9-11H2,1-3H3. The Bertz CT molecular complexity index is 395. The average Bonchev–Trinajstić information content (AvgIpc) is 2.40. The van der Waals surface area contributed by atoms with Crippen LogP contribution in [0.4, 0.5) is 0 Å². The van der Waals surface area contributed by atoms with Crippen molar-refractivity contribution in [1.29, 1.82) is 0 Å². The molecule has 1 aromatic carbocycles. The van der Waals surface area contributed by atoms with Gasteiger partial charge >= 0.3 is 0 Å². The number of benzene rings is 1. The average molecular weight is 329 g/mol. The first-order chi connectivity index (χ1) is 9.02. The summed E-state index contributed by atoms with van der Waals surface area (Å²) in [6, 6.07) is 7.66. The van der Waals surface area contributed by atoms with E-state index in [0.717, 1.165) is 16.8 Å². The van der Waals surface area contributed by atoms with Gasteiger partial charge in [-0.15, -0.1) is 0 Å². The molecule has 0 saturated heterocycles. The van der Waals surface area contributed by atoms with Crippen LogP contribution in [0.2, 0.25) is 0 Å². The second-order valence-electron chi connectivity index (χ2n) is 4.45. The molecule has 0 saturated carbocycles. The Hall–Kier alpha value is -1.07. The zero-order valence-corrected chi connectivity index (χ0v) is 13.3. The van der Waals surface area contributed by atoms with Crippen molar-refractivity contribution in [3.05, 3.63) is 28.7 Å². The van der Waals surface area contributed by atoms with Gasteiger partial charge in [0.25, 0.3) is 0 Å². The number of hydrogen-bond acceptors (Lipinski definition) is 3. The lowest BCUT2D eigenvalue weighted by Crippen LogP contribution is -2.38. The van der Waals surface area contributed by atoms with Crippen LogP contribution in [-0.2, 0) is 4.79 Å². The van der Waals surface area contributed by atoms with E-state index in [4.69, 9.17) is 4.74 Å². The Labute approximate surface area is 123 Å². The number of nitrogens with zero attached hydrogens (tertiary/aromatic N) is 2. The van der Waals surface area contributed by atoms with Crippen molar-refractivity contribution in [2.45, 2.75) is 6.92 Å². The van der Waals surface area contributed by atoms with Crippen LogP contribution in [0.25, 0.3) is 0 Å². The van der Waals surface area contributed by atoms with Gasteiger partial charge in [0.05, 0.1) is 13.1 Å². The van der Waals surface area contributed by atoms with E-state index in [1.54, 1.807) is 11.9 Å². The summed E-state index contributed by atoms with van der Waals surface area (Å²) in [6.45, 7) is 4.44. The molecule has 1 aromatic rings. The summed E-state index contributed by atoms with van der Waals surface area (Å²) in [7, 11) is 3.74. The Morgan fingerprint density at radius 3 is 2.47 bits per heavy atom. The van der Waals surface area contributed by atoms with Gasteiger partial charge in [0.15, 0.2) is 0 Å². The Balaban J connectivity index is 2.28. The molecule has 0 unspecified atom stereocenters. The third-order valence-electron chi connectivity index (χ3n) is 2.88. The minimum Gasteiger partial charge on any atom is -0.492 e. The fraction of sp³-hybridized carbons (Fsp3) is 0.500. The number of carbonyl (C=O) groups is 1. The van der Waals surface area contributed by atoms with E-state index < -0.39 is 0 Å². The summed E-state index contributed by atoms with van der Waals surface area (Å²) in [5.74, 6) is 0.929. The van der Waals surface area contributed by atoms with Crippen molar-refractivity contribution < 1.29 is 9.53 Å². The monoisotopic (exact) mass is 328 g/mol. The Morgan fingerprint density at radius 2 is 1.89 bits per heavy atom. The van der Waals surface area contributed by atoms with Crippen LogP contribution in [0.3, 0.4) is 0 Å². The van der Waals surface area contributed by atoms with Gasteiger partial charge < -0.3 is 9.64 Å². The largest absolute Gasteiger partial charge is 0.492 e. The number of amides is 1. The summed E-state index contributed by atoms with van der Waals surface area (Å²) in [6.07, 6.45) is 0. The van der Waals surface area contributed by atoms with Crippen molar-refractivity contribution in [3.63, 3.8) is 0 Å². The Kier molecular flexibility index (Phi) is 6.87. The third kappa shape index (κ3) is 6.07. The first kappa shape index (κ1) is 16.0. The van der Waals surface area contributed by atoms with Crippen LogP contribution in [0.1, 0.15) is 6.92 Å². The number of carbonyl (C=O) groups excluding carboxylic acids is 1. The van der Waals surface area contributed by atoms with E-state index in [1.165, 1.54) is 0 Å². The zero-order chi connectivity index (χ0) is 14.3. The van der Waals surface area contributed by atoms with Crippen molar-refractivity contribution in [3.8, 4) is 5.75 Å². The fourth-order valence-electron chi connectivity index (χ4n) is 1.42. The van der Waals surface area contributed by atoms with Crippen molar-refractivity contribution in [2.24, 2.45) is 0 Å². The molecule has 0 aliphatic heterocycles. The first-order valence-corrected chi connectivity index (χ1v) is 7.13. The van der Waals surface area contributed by atoms with E-state index in [9.17, 15) is 4.79 Å². The topological polar surface area (TPSA) is 32.8 Å². The van der Waals surface area contributed by atoms with Gasteiger partial charge in [-0.2, -0.15) is 0 Å². The van der Waals surface area contributed by atoms with Crippen LogP contribution < -0.4 is 4.74 Å². The molecule has 0 heterocycles. The summed E-state index contributed by atoms with van der Waals surface area (Å²) >= 11 is 3.37. The van der Waals surface area contributed by atoms with Gasteiger partial charge in [-0.25, -0.2) is 0 Å². The molecule has 4 nitrogen and oxygen atoms in total. The van der Waals surface area contributed by atoms with Crippen LogP contribution >= 0.6 is 15.9 Å². The molecular weight excluding hydrogens is 308 g/mol. The van der Waals surface area contributed by atoms with Crippen molar-refractivity contribution in [1.82, 2.24) is 9.80 Å². The second-order valence-corrected chi connectivity index (χ2v) is 5.36. The number of likely N-dealkylation sites (N-methyl/N-ethyl adjacent to an activating group) is 2. The maximum Gasteiger partial charge on any atom is 0.236 e. The minimum absolute atomic E-state index is 0.115. The number of halogens is 1. The van der Waals surface area contributed by atoms with Gasteiger partial charge in [-0.1, -0.05) is 22.9 Å². The van der Waals surface area contributed by atoms with E-state index in [0.29, 0.717) is 19.7 Å². The molecule has 0 radical (unpaired) electrons. The molecule has 0 bridgehead atoms. The highest BCUT2D eigenvalue weighted by atomic mass is 79.9. The molecular formula is C14H21BrN2O2. The summed E-state index contributed by atoms with van der Waals surface area (Å²) in [5, 5.41) is 0. The molecule has 1 rings (SSSR count). The molecule has 0 fully saturated rings. The highest BCUT2D eigenvalue weighted by Crippen LogP contribution is 2.15. The highest BCUT2D eigenvalue weighted by molar-refractivity contribution is 9.10. The van der Waals surface area contributed by atoms with Crippen molar-refractivity contribution >= 4 is 21.8 Å². The van der Waals surface area contributed by atoms with Crippen LogP contribution in [0.15, 0.2) is 28.7 Å². The number of rotatable bonds is 7. The normalized spacial score (nSPS) is 10.6. The summed E-state index contributed by atoms with van der Waals surface area (Å²) < 4.78 is 6.61. The SMILES string of the molecule is CCN(C)CC(=O)N(C)CCOc1ccc(Br)cc1. The summed E-state index contributed by atoms with van der Waals surface area (Å²) in [5.41, 5.74) is 0. The van der Waals surface area contributed by atoms with Gasteiger partial charge in [0, 0.05) is 11.5 Å². The number of ether oxygens (including phenoxy) is 1. The quantitative estimate of drug-likeness (QED) is 0.769. The predicted molar refractivity (Wildman–Crippen MR) is 80.4 cm³/mol. The Morgan fingerprint density at radius 1 is 1.26 bits per heavy atom. The van der Waals surface area contributed by atoms with E-state index in [1.807, 2.05) is 43.1 Å². The fourth-order valence-corrected chi connectivity index (χ4v) is 1.68. The van der Waals surface area contributed by atoms with Crippen LogP contribution in [-0.4, -0.2) is 56.0 Å². The zero-order valence-electron chi connectivity index (χ0n) is 11.7. The molecule has 19 heavy (non-hydrogen) atoms. The maximum atomic E-state index is 11.8. The lowest BCUT2D eigenvalue weighted by molar-refractivity contribution is -0.131.